The molecule has 8 nitrogen and oxygen atoms in total. The summed E-state index contributed by atoms with van der Waals surface area (Å²) in [4.78, 5) is 89.0. The first-order valence-corrected chi connectivity index (χ1v) is 28.3. The van der Waals surface area contributed by atoms with E-state index in [-0.39, 0.29) is 33.4 Å². The number of benzene rings is 6. The number of rotatable bonds is 14. The minimum absolute atomic E-state index is 0.108. The number of hydrogen-bond acceptors (Lipinski definition) is 8. The van der Waals surface area contributed by atoms with E-state index in [9.17, 15) is 28.8 Å². The van der Waals surface area contributed by atoms with Gasteiger partial charge in [0.05, 0.1) is 0 Å². The summed E-state index contributed by atoms with van der Waals surface area (Å²) < 4.78 is 5.02. The molecule has 0 aliphatic rings. The van der Waals surface area contributed by atoms with Crippen LogP contribution in [0.1, 0.15) is 62.1 Å². The first kappa shape index (κ1) is 37.5. The number of hydrogen-bond donors (Lipinski definition) is 0. The Labute approximate surface area is 318 Å². The molecule has 0 radical (unpaired) electrons. The van der Waals surface area contributed by atoms with Crippen molar-refractivity contribution in [2.24, 2.45) is 5.17 Å². The molecule has 0 atom stereocenters. The van der Waals surface area contributed by atoms with Crippen LogP contribution < -0.4 is 0 Å². The molecule has 6 rings (SSSR count). The quantitative estimate of drug-likeness (QED) is 0.103. The summed E-state index contributed by atoms with van der Waals surface area (Å²) in [5, 5.41) is 0. The molecule has 0 heterocycles. The first-order chi connectivity index (χ1) is 25.8. The van der Waals surface area contributed by atoms with Crippen LogP contribution in [0.3, 0.4) is 0 Å². The average Bonchev–Trinajstić information content (AvgIpc) is 3.24. The van der Waals surface area contributed by atoms with Crippen molar-refractivity contribution in [1.82, 2.24) is 0 Å². The van der Waals surface area contributed by atoms with Gasteiger partial charge in [-0.2, -0.15) is 0 Å². The first-order valence-electron chi connectivity index (χ1n) is 16.5. The topological polar surface area (TPSA) is 127 Å². The van der Waals surface area contributed by atoms with Crippen molar-refractivity contribution < 1.29 is 28.8 Å². The Morgan fingerprint density at radius 2 is 0.434 bits per heavy atom. The second-order valence-corrected chi connectivity index (χ2v) is 31.4. The van der Waals surface area contributed by atoms with E-state index < -0.39 is 60.1 Å². The van der Waals surface area contributed by atoms with E-state index in [1.807, 2.05) is 0 Å². The van der Waals surface area contributed by atoms with Crippen molar-refractivity contribution in [2.75, 3.05) is 0 Å². The molecule has 53 heavy (non-hydrogen) atoms. The fraction of sp³-hybridized carbons (Fsp3) is 0. The SMILES string of the molecule is O=[C](c1ccccc1)[Sn]([N]=S=[N][Sn]([C](=O)c1ccccc1)([C](=O)c1ccccc1)[C](=O)c1ccccc1)([C](=O)c1ccccc1)[C](=O)c1ccccc1. The van der Waals surface area contributed by atoms with E-state index in [0.29, 0.717) is 11.4 Å². The molecule has 11 heteroatoms. The van der Waals surface area contributed by atoms with Crippen molar-refractivity contribution in [1.29, 1.82) is 0 Å². The monoisotopic (exact) mass is 930 g/mol. The average molecular weight is 928 g/mol. The van der Waals surface area contributed by atoms with Gasteiger partial charge in [0.2, 0.25) is 0 Å². The molecule has 0 N–H and O–H groups in total. The van der Waals surface area contributed by atoms with Gasteiger partial charge in [-0.25, -0.2) is 0 Å². The molecule has 6 aromatic carbocycles. The minimum atomic E-state index is -6.13. The van der Waals surface area contributed by atoms with Gasteiger partial charge in [-0.15, -0.1) is 0 Å². The third-order valence-electron chi connectivity index (χ3n) is 8.54. The maximum atomic E-state index is 14.8. The Kier molecular flexibility index (Phi) is 12.1. The second-order valence-electron chi connectivity index (χ2n) is 11.9. The van der Waals surface area contributed by atoms with Crippen LogP contribution in [0.2, 0.25) is 0 Å². The standard InChI is InChI=1S/6C7H5O.N2S.2Sn/c6*8-6-7-4-2-1-3-5-7;1-3-2;;/h6*1-5H;;;/q;;;;;;-2;2*+1. The van der Waals surface area contributed by atoms with Gasteiger partial charge in [0.15, 0.2) is 0 Å². The molecule has 0 spiro atoms. The third kappa shape index (κ3) is 7.64. The molecule has 0 saturated carbocycles. The van der Waals surface area contributed by atoms with Gasteiger partial charge >= 0.3 is 321 Å². The van der Waals surface area contributed by atoms with Crippen LogP contribution in [0, 0.1) is 0 Å². The normalized spacial score (nSPS) is 11.1. The van der Waals surface area contributed by atoms with Crippen molar-refractivity contribution in [3.05, 3.63) is 215 Å². The van der Waals surface area contributed by atoms with Gasteiger partial charge in [0, 0.05) is 0 Å². The second kappa shape index (κ2) is 17.1. The van der Waals surface area contributed by atoms with Crippen LogP contribution in [0.15, 0.2) is 187 Å². The maximum absolute atomic E-state index is 14.8. The summed E-state index contributed by atoms with van der Waals surface area (Å²) in [5.41, 5.74) is 0.650. The molecular weight excluding hydrogens is 898 g/mol. The van der Waals surface area contributed by atoms with Gasteiger partial charge in [-0.3, -0.25) is 0 Å². The van der Waals surface area contributed by atoms with Crippen LogP contribution in [0.4, 0.5) is 0 Å². The van der Waals surface area contributed by atoms with Crippen LogP contribution in [-0.2, 0) is 11.4 Å². The van der Waals surface area contributed by atoms with Crippen molar-refractivity contribution >= 4 is 71.4 Å². The zero-order valence-electron chi connectivity index (χ0n) is 28.1. The molecule has 0 aromatic heterocycles. The van der Waals surface area contributed by atoms with E-state index in [2.05, 4.69) is 0 Å². The zero-order valence-corrected chi connectivity index (χ0v) is 34.6. The Balaban J connectivity index is 1.70. The summed E-state index contributed by atoms with van der Waals surface area (Å²) >= 11 is -11.9. The zero-order chi connectivity index (χ0) is 37.3. The Hall–Kier alpha value is -5.24. The summed E-state index contributed by atoms with van der Waals surface area (Å²) in [6, 6.07) is 47.9. The Morgan fingerprint density at radius 3 is 0.585 bits per heavy atom. The molecule has 0 bridgehead atoms. The Bertz CT molecular complexity index is 1960. The van der Waals surface area contributed by atoms with E-state index in [4.69, 9.17) is 5.17 Å². The van der Waals surface area contributed by atoms with Gasteiger partial charge in [0.25, 0.3) is 0 Å². The number of carbonyl (C=O) groups is 6. The van der Waals surface area contributed by atoms with Crippen LogP contribution >= 0.6 is 0 Å². The fourth-order valence-corrected chi connectivity index (χ4v) is 29.2. The van der Waals surface area contributed by atoms with Gasteiger partial charge in [0.1, 0.15) is 0 Å². The fourth-order valence-electron chi connectivity index (χ4n) is 5.80. The Morgan fingerprint density at radius 1 is 0.283 bits per heavy atom. The molecule has 0 aliphatic carbocycles. The molecule has 0 amide bonds. The third-order valence-corrected chi connectivity index (χ3v) is 31.5. The summed E-state index contributed by atoms with van der Waals surface area (Å²) in [7, 11) is 0. The summed E-state index contributed by atoms with van der Waals surface area (Å²) in [6.45, 7) is 0. The van der Waals surface area contributed by atoms with Gasteiger partial charge < -0.3 is 0 Å². The molecule has 6 aromatic rings. The van der Waals surface area contributed by atoms with Crippen LogP contribution in [0.25, 0.3) is 0 Å². The number of nitrogens with zero attached hydrogens (tertiary/aromatic N) is 2. The van der Waals surface area contributed by atoms with E-state index >= 15 is 0 Å². The predicted molar refractivity (Wildman–Crippen MR) is 208 cm³/mol. The molecule has 0 unspecified atom stereocenters. The van der Waals surface area contributed by atoms with E-state index in [1.165, 1.54) is 72.8 Å². The molecular formula is C42H30N2O6SSn2. The molecule has 0 aliphatic heterocycles. The van der Waals surface area contributed by atoms with E-state index in [1.54, 1.807) is 109 Å². The predicted octanol–water partition coefficient (Wildman–Crippen LogP) is 7.86. The van der Waals surface area contributed by atoms with E-state index in [0.717, 1.165) is 0 Å². The number of carbonyl (C=O) groups excluding carboxylic acids is 6. The van der Waals surface area contributed by atoms with Gasteiger partial charge in [-0.1, -0.05) is 0 Å². The summed E-state index contributed by atoms with van der Waals surface area (Å²) in [6.07, 6.45) is 0. The molecule has 258 valence electrons. The van der Waals surface area contributed by atoms with Crippen molar-refractivity contribution in [3.8, 4) is 0 Å². The van der Waals surface area contributed by atoms with Crippen LogP contribution in [0.5, 0.6) is 0 Å². The van der Waals surface area contributed by atoms with Crippen molar-refractivity contribution in [3.63, 3.8) is 0 Å². The van der Waals surface area contributed by atoms with Gasteiger partial charge in [-0.05, 0) is 0 Å². The van der Waals surface area contributed by atoms with Crippen LogP contribution in [-0.4, -0.2) is 60.1 Å². The van der Waals surface area contributed by atoms with Crippen molar-refractivity contribution in [2.45, 2.75) is 0 Å². The molecule has 0 fully saturated rings. The summed E-state index contributed by atoms with van der Waals surface area (Å²) in [5.74, 6) is 0. The molecule has 0 saturated heterocycles.